The molecule has 2 aromatic carbocycles. The quantitative estimate of drug-likeness (QED) is 0.280. The Morgan fingerprint density at radius 3 is 2.19 bits per heavy atom. The van der Waals surface area contributed by atoms with Crippen LogP contribution in [0.1, 0.15) is 108 Å². The number of β-amino-alcohol motifs (C(OH)–C–C–N with tert-alkyl or cyclic N) is 1. The molecule has 1 heterocycles. The van der Waals surface area contributed by atoms with Crippen LogP contribution >= 0.6 is 11.6 Å². The highest BCUT2D eigenvalue weighted by Gasteiger charge is 2.74. The fourth-order valence-corrected chi connectivity index (χ4v) is 13.8. The number of rotatable bonds is 7. The number of hydrogen-bond acceptors (Lipinski definition) is 5. The number of ketones is 1. The van der Waals surface area contributed by atoms with Crippen molar-refractivity contribution in [1.82, 2.24) is 9.80 Å². The highest BCUT2D eigenvalue weighted by Crippen LogP contribution is 2.78. The van der Waals surface area contributed by atoms with Gasteiger partial charge in [-0.2, -0.15) is 0 Å². The Bertz CT molecular complexity index is 1730. The molecule has 5 fully saturated rings. The number of carbonyl (C=O) groups excluding carboxylic acids is 1. The zero-order chi connectivity index (χ0) is 35.9. The summed E-state index contributed by atoms with van der Waals surface area (Å²) in [7, 11) is 0. The molecule has 9 unspecified atom stereocenters. The van der Waals surface area contributed by atoms with Gasteiger partial charge in [-0.3, -0.25) is 14.6 Å². The van der Waals surface area contributed by atoms with Gasteiger partial charge in [-0.1, -0.05) is 105 Å². The number of piperazine rings is 1. The third kappa shape index (κ3) is 5.19. The first kappa shape index (κ1) is 35.4. The smallest absolute Gasteiger partial charge is 0.162 e. The van der Waals surface area contributed by atoms with Gasteiger partial charge >= 0.3 is 0 Å². The first-order chi connectivity index (χ1) is 25.0. The lowest BCUT2D eigenvalue weighted by molar-refractivity contribution is -0.180. The second-order valence-electron chi connectivity index (χ2n) is 18.7. The molecule has 0 amide bonds. The second kappa shape index (κ2) is 12.9. The number of aliphatic hydroxyl groups is 2. The average Bonchev–Trinajstić information content (AvgIpc) is 3.43. The Labute approximate surface area is 316 Å². The van der Waals surface area contributed by atoms with E-state index in [0.717, 1.165) is 107 Å². The number of halogens is 1. The number of benzene rings is 2. The summed E-state index contributed by atoms with van der Waals surface area (Å²) >= 11 is 6.30. The maximum Gasteiger partial charge on any atom is 0.162 e. The lowest BCUT2D eigenvalue weighted by atomic mass is 9.32. The standard InChI is InChI=1S/C46H59ClN2O3/c1-42-20-17-36(50)29-44(42)23-24-46(37(30-44)41(51)34-11-7-4-8-12-34)38(42)18-21-43(2)39(46)19-22-45(43,52)31-48-25-27-49(28-26-48)40(32-9-5-3-6-10-32)33-13-15-35(47)16-14-33/h3,5-6,9-10,13-16,23-24,30,34,36,38-40,50,52H,4,7-8,11-12,17-22,25-29,31H2,1-2H3. The summed E-state index contributed by atoms with van der Waals surface area (Å²) in [6.45, 7) is 9.29. The van der Waals surface area contributed by atoms with Crippen molar-refractivity contribution in [3.05, 3.63) is 94.5 Å². The first-order valence-electron chi connectivity index (χ1n) is 20.7. The van der Waals surface area contributed by atoms with E-state index in [4.69, 9.17) is 11.6 Å². The fraction of sp³-hybridized carbons (Fsp3) is 0.630. The fourth-order valence-electron chi connectivity index (χ4n) is 13.6. The molecule has 2 N–H and O–H groups in total. The molecular weight excluding hydrogens is 664 g/mol. The van der Waals surface area contributed by atoms with Gasteiger partial charge in [0.1, 0.15) is 0 Å². The van der Waals surface area contributed by atoms with E-state index in [2.05, 4.69) is 84.3 Å². The second-order valence-corrected chi connectivity index (χ2v) is 19.1. The summed E-state index contributed by atoms with van der Waals surface area (Å²) in [5.41, 5.74) is 1.99. The van der Waals surface area contributed by atoms with Crippen LogP contribution in [0.25, 0.3) is 0 Å². The Kier molecular flexibility index (Phi) is 8.79. The zero-order valence-electron chi connectivity index (χ0n) is 31.4. The van der Waals surface area contributed by atoms with Crippen molar-refractivity contribution in [2.24, 2.45) is 39.4 Å². The Morgan fingerprint density at radius 1 is 0.808 bits per heavy atom. The normalized spacial score (nSPS) is 41.2. The van der Waals surface area contributed by atoms with Crippen LogP contribution in [0.2, 0.25) is 5.02 Å². The molecule has 0 aromatic heterocycles. The molecule has 9 atom stereocenters. The van der Waals surface area contributed by atoms with Crippen LogP contribution in [-0.2, 0) is 4.79 Å². The van der Waals surface area contributed by atoms with Gasteiger partial charge < -0.3 is 10.2 Å². The third-order valence-corrected chi connectivity index (χ3v) is 16.8. The van der Waals surface area contributed by atoms with E-state index in [1.165, 1.54) is 17.5 Å². The average molecular weight is 723 g/mol. The molecule has 8 aliphatic rings. The van der Waals surface area contributed by atoms with E-state index in [1.807, 2.05) is 12.1 Å². The van der Waals surface area contributed by atoms with Gasteiger partial charge in [-0.15, -0.1) is 0 Å². The predicted octanol–water partition coefficient (Wildman–Crippen LogP) is 8.79. The maximum absolute atomic E-state index is 14.9. The summed E-state index contributed by atoms with van der Waals surface area (Å²) in [4.78, 5) is 20.0. The van der Waals surface area contributed by atoms with Crippen LogP contribution in [0.15, 0.2) is 78.4 Å². The monoisotopic (exact) mass is 722 g/mol. The van der Waals surface area contributed by atoms with E-state index in [-0.39, 0.29) is 45.6 Å². The van der Waals surface area contributed by atoms with Crippen LogP contribution in [0.4, 0.5) is 0 Å². The summed E-state index contributed by atoms with van der Waals surface area (Å²) in [5.74, 6) is 1.13. The molecule has 2 aromatic rings. The van der Waals surface area contributed by atoms with Crippen molar-refractivity contribution in [2.45, 2.75) is 109 Å². The number of nitrogens with zero attached hydrogens (tertiary/aromatic N) is 2. The zero-order valence-corrected chi connectivity index (χ0v) is 32.2. The van der Waals surface area contributed by atoms with Crippen LogP contribution < -0.4 is 0 Å². The Hall–Kier alpha value is -2.28. The molecule has 278 valence electrons. The molecule has 6 heteroatoms. The lowest BCUT2D eigenvalue weighted by Crippen LogP contribution is -2.67. The molecule has 52 heavy (non-hydrogen) atoms. The highest BCUT2D eigenvalue weighted by molar-refractivity contribution is 6.30. The van der Waals surface area contributed by atoms with Crippen LogP contribution in [0, 0.1) is 39.4 Å². The molecule has 1 aliphatic heterocycles. The SMILES string of the molecule is CC12CCC(O)CC13C=CC1(C(C(=O)C4CCCCC4)=C3)C2CCC2(C)C1CCC2(O)CN1CCN(C(c2ccccc2)c2ccc(Cl)cc2)CC1. The number of fused-ring (bicyclic) bond motifs is 1. The van der Waals surface area contributed by atoms with E-state index in [0.29, 0.717) is 18.2 Å². The first-order valence-corrected chi connectivity index (χ1v) is 21.1. The molecule has 10 rings (SSSR count). The lowest BCUT2D eigenvalue weighted by Gasteiger charge is -2.71. The minimum Gasteiger partial charge on any atom is -0.393 e. The Morgan fingerprint density at radius 2 is 1.46 bits per heavy atom. The molecule has 1 saturated heterocycles. The third-order valence-electron chi connectivity index (χ3n) is 16.5. The molecule has 2 spiro atoms. The summed E-state index contributed by atoms with van der Waals surface area (Å²) in [6, 6.07) is 19.3. The van der Waals surface area contributed by atoms with Crippen molar-refractivity contribution >= 4 is 17.4 Å². The van der Waals surface area contributed by atoms with Crippen LogP contribution in [0.5, 0.6) is 0 Å². The van der Waals surface area contributed by atoms with Gasteiger partial charge in [-0.25, -0.2) is 0 Å². The van der Waals surface area contributed by atoms with Crippen molar-refractivity contribution < 1.29 is 15.0 Å². The Balaban J connectivity index is 0.993. The number of hydrogen-bond donors (Lipinski definition) is 2. The summed E-state index contributed by atoms with van der Waals surface area (Å²) in [6.07, 6.45) is 19.0. The van der Waals surface area contributed by atoms with E-state index >= 15 is 0 Å². The van der Waals surface area contributed by atoms with E-state index in [9.17, 15) is 15.0 Å². The number of aliphatic hydroxyl groups excluding tert-OH is 1. The van der Waals surface area contributed by atoms with Gasteiger partial charge in [0.15, 0.2) is 5.78 Å². The molecule has 7 aliphatic carbocycles. The predicted molar refractivity (Wildman–Crippen MR) is 208 cm³/mol. The van der Waals surface area contributed by atoms with Crippen LogP contribution in [0.3, 0.4) is 0 Å². The number of carbonyl (C=O) groups is 1. The highest BCUT2D eigenvalue weighted by atomic mass is 35.5. The van der Waals surface area contributed by atoms with Crippen molar-refractivity contribution in [3.63, 3.8) is 0 Å². The van der Waals surface area contributed by atoms with Crippen molar-refractivity contribution in [2.75, 3.05) is 32.7 Å². The van der Waals surface area contributed by atoms with Crippen LogP contribution in [-0.4, -0.2) is 70.2 Å². The summed E-state index contributed by atoms with van der Waals surface area (Å²) in [5, 5.41) is 24.8. The minimum atomic E-state index is -0.808. The molecular formula is C46H59ClN2O3. The summed E-state index contributed by atoms with van der Waals surface area (Å²) < 4.78 is 0. The molecule has 2 bridgehead atoms. The van der Waals surface area contributed by atoms with Crippen molar-refractivity contribution in [3.8, 4) is 0 Å². The van der Waals surface area contributed by atoms with Gasteiger partial charge in [0.05, 0.1) is 17.7 Å². The van der Waals surface area contributed by atoms with Gasteiger partial charge in [0, 0.05) is 65.5 Å². The number of Topliss-reactive ketones (excluding diaryl/α,β-unsaturated/α-hetero) is 1. The molecule has 5 nitrogen and oxygen atoms in total. The number of allylic oxidation sites excluding steroid dienone is 4. The topological polar surface area (TPSA) is 64.0 Å². The largest absolute Gasteiger partial charge is 0.393 e. The van der Waals surface area contributed by atoms with Gasteiger partial charge in [0.2, 0.25) is 0 Å². The van der Waals surface area contributed by atoms with E-state index < -0.39 is 5.60 Å². The molecule has 4 saturated carbocycles. The maximum atomic E-state index is 14.9. The van der Waals surface area contributed by atoms with Crippen molar-refractivity contribution in [1.29, 1.82) is 0 Å². The van der Waals surface area contributed by atoms with Gasteiger partial charge in [-0.05, 0) is 98.3 Å². The van der Waals surface area contributed by atoms with E-state index in [1.54, 1.807) is 0 Å². The van der Waals surface area contributed by atoms with Gasteiger partial charge in [0.25, 0.3) is 0 Å². The molecule has 0 radical (unpaired) electrons. The minimum absolute atomic E-state index is 0.0229.